The lowest BCUT2D eigenvalue weighted by atomic mass is 10.2. The number of nitriles is 1. The van der Waals surface area contributed by atoms with Crippen LogP contribution >= 0.6 is 15.9 Å². The molecule has 26 heavy (non-hydrogen) atoms. The summed E-state index contributed by atoms with van der Waals surface area (Å²) in [5.74, 6) is -0.389. The van der Waals surface area contributed by atoms with Gasteiger partial charge in [0.2, 0.25) is 0 Å². The molecule has 0 atom stereocenters. The maximum atomic E-state index is 12.3. The first-order valence-electron chi connectivity index (χ1n) is 8.04. The number of hydrogen-bond donors (Lipinski definition) is 1. The molecule has 0 radical (unpaired) electrons. The molecule has 4 nitrogen and oxygen atoms in total. The zero-order valence-corrected chi connectivity index (χ0v) is 15.5. The van der Waals surface area contributed by atoms with Crippen LogP contribution in [-0.4, -0.2) is 10.5 Å². The highest BCUT2D eigenvalue weighted by molar-refractivity contribution is 9.10. The summed E-state index contributed by atoms with van der Waals surface area (Å²) in [4.78, 5) is 12.3. The molecule has 0 aliphatic rings. The highest BCUT2D eigenvalue weighted by Gasteiger charge is 2.10. The van der Waals surface area contributed by atoms with Gasteiger partial charge in [0.1, 0.15) is 11.6 Å². The van der Waals surface area contributed by atoms with E-state index in [-0.39, 0.29) is 11.5 Å². The zero-order chi connectivity index (χ0) is 18.4. The van der Waals surface area contributed by atoms with Gasteiger partial charge in [-0.15, -0.1) is 0 Å². The Bertz CT molecular complexity index is 966. The smallest absolute Gasteiger partial charge is 0.262 e. The van der Waals surface area contributed by atoms with E-state index in [4.69, 9.17) is 0 Å². The van der Waals surface area contributed by atoms with Crippen LogP contribution in [0.15, 0.2) is 83.0 Å². The van der Waals surface area contributed by atoms with Gasteiger partial charge in [-0.05, 0) is 48.0 Å². The van der Waals surface area contributed by atoms with E-state index in [1.54, 1.807) is 6.08 Å². The highest BCUT2D eigenvalue weighted by Crippen LogP contribution is 2.18. The van der Waals surface area contributed by atoms with Crippen LogP contribution in [0.1, 0.15) is 11.3 Å². The SMILES string of the molecule is N#C/C(=C\c1cccn1-c1ccc(Br)cc1)C(=O)NCc1ccccc1. The summed E-state index contributed by atoms with van der Waals surface area (Å²) in [5.41, 5.74) is 2.76. The molecule has 1 aromatic heterocycles. The van der Waals surface area contributed by atoms with Gasteiger partial charge >= 0.3 is 0 Å². The number of carbonyl (C=O) groups excluding carboxylic acids is 1. The second kappa shape index (κ2) is 8.32. The van der Waals surface area contributed by atoms with Crippen molar-refractivity contribution in [2.45, 2.75) is 6.54 Å². The van der Waals surface area contributed by atoms with Crippen molar-refractivity contribution in [1.82, 2.24) is 9.88 Å². The monoisotopic (exact) mass is 405 g/mol. The fourth-order valence-electron chi connectivity index (χ4n) is 2.52. The summed E-state index contributed by atoms with van der Waals surface area (Å²) < 4.78 is 2.91. The van der Waals surface area contributed by atoms with Crippen LogP contribution in [0, 0.1) is 11.3 Å². The van der Waals surface area contributed by atoms with Crippen LogP contribution in [0.3, 0.4) is 0 Å². The van der Waals surface area contributed by atoms with Crippen molar-refractivity contribution in [2.75, 3.05) is 0 Å². The van der Waals surface area contributed by atoms with E-state index < -0.39 is 0 Å². The number of aromatic nitrogens is 1. The van der Waals surface area contributed by atoms with Crippen molar-refractivity contribution in [3.05, 3.63) is 94.2 Å². The van der Waals surface area contributed by atoms with Crippen LogP contribution in [0.5, 0.6) is 0 Å². The first-order chi connectivity index (χ1) is 12.7. The Kier molecular flexibility index (Phi) is 5.67. The largest absolute Gasteiger partial charge is 0.347 e. The molecule has 3 aromatic rings. The van der Waals surface area contributed by atoms with E-state index in [1.165, 1.54) is 0 Å². The first-order valence-corrected chi connectivity index (χ1v) is 8.84. The number of benzene rings is 2. The Morgan fingerprint density at radius 2 is 1.81 bits per heavy atom. The number of amides is 1. The number of nitrogens with one attached hydrogen (secondary N) is 1. The summed E-state index contributed by atoms with van der Waals surface area (Å²) in [5, 5.41) is 12.2. The van der Waals surface area contributed by atoms with E-state index >= 15 is 0 Å². The molecule has 1 heterocycles. The summed E-state index contributed by atoms with van der Waals surface area (Å²) in [6.45, 7) is 0.381. The minimum absolute atomic E-state index is 0.0676. The zero-order valence-electron chi connectivity index (χ0n) is 13.9. The Morgan fingerprint density at radius 3 is 2.50 bits per heavy atom. The standard InChI is InChI=1S/C21H16BrN3O/c22-18-8-10-19(11-9-18)25-12-4-7-20(25)13-17(14-23)21(26)24-15-16-5-2-1-3-6-16/h1-13H,15H2,(H,24,26)/b17-13+. The molecule has 3 rings (SSSR count). The molecule has 1 N–H and O–H groups in total. The van der Waals surface area contributed by atoms with Crippen LogP contribution in [0.2, 0.25) is 0 Å². The van der Waals surface area contributed by atoms with Gasteiger partial charge in [-0.2, -0.15) is 5.26 Å². The van der Waals surface area contributed by atoms with Crippen molar-refractivity contribution < 1.29 is 4.79 Å². The normalized spacial score (nSPS) is 11.0. The van der Waals surface area contributed by atoms with Gasteiger partial charge in [-0.25, -0.2) is 0 Å². The number of rotatable bonds is 5. The predicted molar refractivity (Wildman–Crippen MR) is 105 cm³/mol. The van der Waals surface area contributed by atoms with Gasteiger partial charge in [0, 0.05) is 28.6 Å². The topological polar surface area (TPSA) is 57.8 Å². The Morgan fingerprint density at radius 1 is 1.08 bits per heavy atom. The summed E-state index contributed by atoms with van der Waals surface area (Å²) >= 11 is 3.42. The number of halogens is 1. The van der Waals surface area contributed by atoms with Crippen molar-refractivity contribution in [3.8, 4) is 11.8 Å². The molecule has 0 aliphatic carbocycles. The lowest BCUT2D eigenvalue weighted by molar-refractivity contribution is -0.117. The fourth-order valence-corrected chi connectivity index (χ4v) is 2.78. The lowest BCUT2D eigenvalue weighted by Gasteiger charge is -2.08. The molecule has 0 saturated heterocycles. The predicted octanol–water partition coefficient (Wildman–Crippen LogP) is 4.46. The van der Waals surface area contributed by atoms with Gasteiger partial charge < -0.3 is 9.88 Å². The van der Waals surface area contributed by atoms with Gasteiger partial charge in [0.25, 0.3) is 5.91 Å². The molecule has 0 unspecified atom stereocenters. The molecular formula is C21H16BrN3O. The first kappa shape index (κ1) is 17.7. The maximum Gasteiger partial charge on any atom is 0.262 e. The lowest BCUT2D eigenvalue weighted by Crippen LogP contribution is -2.24. The summed E-state index contributed by atoms with van der Waals surface area (Å²) in [6.07, 6.45) is 3.49. The van der Waals surface area contributed by atoms with Crippen LogP contribution < -0.4 is 5.32 Å². The number of carbonyl (C=O) groups is 1. The highest BCUT2D eigenvalue weighted by atomic mass is 79.9. The third kappa shape index (κ3) is 4.29. The number of hydrogen-bond acceptors (Lipinski definition) is 2. The van der Waals surface area contributed by atoms with E-state index in [0.717, 1.165) is 21.4 Å². The molecule has 0 fully saturated rings. The molecule has 1 amide bonds. The molecule has 0 spiro atoms. The van der Waals surface area contributed by atoms with Crippen molar-refractivity contribution in [1.29, 1.82) is 5.26 Å². The second-order valence-corrected chi connectivity index (χ2v) is 6.53. The van der Waals surface area contributed by atoms with E-state index in [2.05, 4.69) is 21.2 Å². The molecule has 2 aromatic carbocycles. The van der Waals surface area contributed by atoms with Gasteiger partial charge in [0.05, 0.1) is 0 Å². The van der Waals surface area contributed by atoms with Crippen molar-refractivity contribution in [3.63, 3.8) is 0 Å². The minimum Gasteiger partial charge on any atom is -0.347 e. The molecule has 128 valence electrons. The quantitative estimate of drug-likeness (QED) is 0.502. The van der Waals surface area contributed by atoms with E-state index in [0.29, 0.717) is 6.54 Å². The Hall–Kier alpha value is -3.10. The third-order valence-corrected chi connectivity index (χ3v) is 4.37. The van der Waals surface area contributed by atoms with Crippen LogP contribution in [0.25, 0.3) is 11.8 Å². The maximum absolute atomic E-state index is 12.3. The Balaban J connectivity index is 1.79. The molecule has 0 bridgehead atoms. The summed E-state index contributed by atoms with van der Waals surface area (Å²) in [7, 11) is 0. The molecule has 0 saturated carbocycles. The number of nitrogens with zero attached hydrogens (tertiary/aromatic N) is 2. The second-order valence-electron chi connectivity index (χ2n) is 5.62. The minimum atomic E-state index is -0.389. The van der Waals surface area contributed by atoms with Crippen LogP contribution in [-0.2, 0) is 11.3 Å². The average molecular weight is 406 g/mol. The summed E-state index contributed by atoms with van der Waals surface area (Å²) in [6, 6.07) is 23.1. The van der Waals surface area contributed by atoms with Crippen molar-refractivity contribution >= 4 is 27.9 Å². The van der Waals surface area contributed by atoms with Crippen molar-refractivity contribution in [2.24, 2.45) is 0 Å². The fraction of sp³-hybridized carbons (Fsp3) is 0.0476. The Labute approximate surface area is 160 Å². The molecule has 5 heteroatoms. The third-order valence-electron chi connectivity index (χ3n) is 3.84. The van der Waals surface area contributed by atoms with Crippen LogP contribution in [0.4, 0.5) is 0 Å². The van der Waals surface area contributed by atoms with Gasteiger partial charge in [-0.1, -0.05) is 46.3 Å². The van der Waals surface area contributed by atoms with E-state index in [9.17, 15) is 10.1 Å². The molecular weight excluding hydrogens is 390 g/mol. The van der Waals surface area contributed by atoms with Gasteiger partial charge in [-0.3, -0.25) is 4.79 Å². The average Bonchev–Trinajstić information content (AvgIpc) is 3.14. The van der Waals surface area contributed by atoms with E-state index in [1.807, 2.05) is 83.6 Å². The van der Waals surface area contributed by atoms with Gasteiger partial charge in [0.15, 0.2) is 0 Å². The molecule has 0 aliphatic heterocycles.